The van der Waals surface area contributed by atoms with Gasteiger partial charge in [0, 0.05) is 55.8 Å². The Balaban J connectivity index is 1.54. The van der Waals surface area contributed by atoms with Crippen LogP contribution in [0.15, 0.2) is 83.0 Å². The first-order valence-electron chi connectivity index (χ1n) is 10.5. The maximum atomic E-state index is 4.95. The van der Waals surface area contributed by atoms with Crippen LogP contribution in [0, 0.1) is 0 Å². The molecular weight excluding hydrogens is 386 g/mol. The second-order valence-electron chi connectivity index (χ2n) is 7.83. The Hall–Kier alpha value is -3.11. The van der Waals surface area contributed by atoms with Gasteiger partial charge in [0.05, 0.1) is 5.69 Å². The Kier molecular flexibility index (Phi) is 3.81. The third kappa shape index (κ3) is 2.28. The van der Waals surface area contributed by atoms with E-state index in [0.29, 0.717) is 0 Å². The molecule has 0 unspecified atom stereocenters. The lowest BCUT2D eigenvalue weighted by atomic mass is 10.0. The monoisotopic (exact) mass is 409 g/mol. The molecule has 6 rings (SSSR count). The third-order valence-corrected chi connectivity index (χ3v) is 10.9. The van der Waals surface area contributed by atoms with Gasteiger partial charge in [-0.25, -0.2) is 0 Å². The lowest BCUT2D eigenvalue weighted by Gasteiger charge is -2.35. The highest BCUT2D eigenvalue weighted by atomic mass is 32.3. The molecule has 30 heavy (non-hydrogen) atoms. The minimum atomic E-state index is -0.982. The first-order chi connectivity index (χ1) is 14.7. The van der Waals surface area contributed by atoms with Gasteiger partial charge in [0.25, 0.3) is 0 Å². The third-order valence-electron chi connectivity index (χ3n) is 6.57. The second-order valence-corrected chi connectivity index (χ2v) is 11.6. The Labute approximate surface area is 177 Å². The van der Waals surface area contributed by atoms with Crippen LogP contribution in [-0.4, -0.2) is 26.5 Å². The summed E-state index contributed by atoms with van der Waals surface area (Å²) in [5.74, 6) is 2.34. The van der Waals surface area contributed by atoms with Gasteiger partial charge in [0.15, 0.2) is 0 Å². The standard InChI is InChI=1S/C26H23N3S/c1-3-30(4-2)25-8-6-5-7-19(25)20-14-23(28-16-26(20)30)17-9-10-18-21-15-27-12-11-22(21)29-24(18)13-17/h5-16,29H,3-4H2,1-2H3. The molecule has 0 aliphatic carbocycles. The summed E-state index contributed by atoms with van der Waals surface area (Å²) in [5.41, 5.74) is 7.18. The van der Waals surface area contributed by atoms with Crippen LogP contribution in [0.2, 0.25) is 0 Å². The van der Waals surface area contributed by atoms with E-state index in [1.165, 1.54) is 37.8 Å². The summed E-state index contributed by atoms with van der Waals surface area (Å²) < 4.78 is 0. The fourth-order valence-electron chi connectivity index (χ4n) is 5.00. The molecule has 0 fully saturated rings. The van der Waals surface area contributed by atoms with Gasteiger partial charge < -0.3 is 4.98 Å². The van der Waals surface area contributed by atoms with Crippen molar-refractivity contribution in [2.75, 3.05) is 11.5 Å². The summed E-state index contributed by atoms with van der Waals surface area (Å²) in [6, 6.07) is 19.9. The lowest BCUT2D eigenvalue weighted by molar-refractivity contribution is 1.23. The molecule has 148 valence electrons. The second kappa shape index (κ2) is 6.44. The molecule has 1 aliphatic heterocycles. The highest BCUT2D eigenvalue weighted by molar-refractivity contribution is 8.34. The molecule has 0 atom stereocenters. The molecule has 5 aromatic rings. The number of nitrogens with one attached hydrogen (secondary N) is 1. The fourth-order valence-corrected chi connectivity index (χ4v) is 8.67. The predicted molar refractivity (Wildman–Crippen MR) is 127 cm³/mol. The zero-order chi connectivity index (χ0) is 20.3. The summed E-state index contributed by atoms with van der Waals surface area (Å²) >= 11 is 0. The van der Waals surface area contributed by atoms with E-state index in [4.69, 9.17) is 4.98 Å². The van der Waals surface area contributed by atoms with Crippen molar-refractivity contribution in [3.63, 3.8) is 0 Å². The fraction of sp³-hybridized carbons (Fsp3) is 0.154. The van der Waals surface area contributed by atoms with Gasteiger partial charge in [-0.1, -0.05) is 44.2 Å². The number of H-pyrrole nitrogens is 1. The highest BCUT2D eigenvalue weighted by Gasteiger charge is 2.36. The van der Waals surface area contributed by atoms with Crippen molar-refractivity contribution in [2.24, 2.45) is 0 Å². The zero-order valence-electron chi connectivity index (χ0n) is 17.1. The summed E-state index contributed by atoms with van der Waals surface area (Å²) in [4.78, 5) is 15.7. The van der Waals surface area contributed by atoms with Crippen molar-refractivity contribution in [3.05, 3.63) is 73.2 Å². The van der Waals surface area contributed by atoms with Crippen molar-refractivity contribution < 1.29 is 0 Å². The van der Waals surface area contributed by atoms with E-state index in [2.05, 4.69) is 78.5 Å². The van der Waals surface area contributed by atoms with Gasteiger partial charge in [-0.05, 0) is 46.9 Å². The molecule has 1 N–H and O–H groups in total. The van der Waals surface area contributed by atoms with E-state index >= 15 is 0 Å². The van der Waals surface area contributed by atoms with Crippen LogP contribution < -0.4 is 0 Å². The smallest absolute Gasteiger partial charge is 0.0709 e. The molecule has 2 aromatic carbocycles. The van der Waals surface area contributed by atoms with Crippen LogP contribution in [0.4, 0.5) is 0 Å². The van der Waals surface area contributed by atoms with Crippen molar-refractivity contribution in [2.45, 2.75) is 23.6 Å². The lowest BCUT2D eigenvalue weighted by Crippen LogP contribution is -2.04. The largest absolute Gasteiger partial charge is 0.354 e. The average Bonchev–Trinajstić information content (AvgIpc) is 3.31. The summed E-state index contributed by atoms with van der Waals surface area (Å²) in [7, 11) is -0.982. The average molecular weight is 410 g/mol. The molecule has 3 nitrogen and oxygen atoms in total. The topological polar surface area (TPSA) is 41.6 Å². The van der Waals surface area contributed by atoms with Crippen LogP contribution in [0.5, 0.6) is 0 Å². The number of pyridine rings is 2. The van der Waals surface area contributed by atoms with Crippen LogP contribution in [0.3, 0.4) is 0 Å². The van der Waals surface area contributed by atoms with E-state index in [0.717, 1.165) is 27.7 Å². The first kappa shape index (κ1) is 17.7. The van der Waals surface area contributed by atoms with Gasteiger partial charge in [0.2, 0.25) is 0 Å². The zero-order valence-corrected chi connectivity index (χ0v) is 18.0. The van der Waals surface area contributed by atoms with Crippen LogP contribution >= 0.6 is 10.0 Å². The SMILES string of the molecule is CCS1(CC)c2ccccc2-c2cc(-c3ccc4c(c3)[nH]c3ccncc34)ncc21. The van der Waals surface area contributed by atoms with Gasteiger partial charge in [-0.2, -0.15) is 10.0 Å². The molecular formula is C26H23N3S. The number of hydrogen-bond acceptors (Lipinski definition) is 2. The van der Waals surface area contributed by atoms with Crippen LogP contribution in [-0.2, 0) is 0 Å². The number of aromatic amines is 1. The summed E-state index contributed by atoms with van der Waals surface area (Å²) in [5, 5.41) is 2.36. The molecule has 0 saturated carbocycles. The molecule has 1 aliphatic rings. The number of nitrogens with zero attached hydrogens (tertiary/aromatic N) is 2. The maximum absolute atomic E-state index is 4.95. The van der Waals surface area contributed by atoms with E-state index in [1.807, 2.05) is 18.5 Å². The minimum Gasteiger partial charge on any atom is -0.354 e. The van der Waals surface area contributed by atoms with Gasteiger partial charge in [-0.3, -0.25) is 9.97 Å². The summed E-state index contributed by atoms with van der Waals surface area (Å²) in [6.45, 7) is 4.66. The van der Waals surface area contributed by atoms with Gasteiger partial charge in [-0.15, -0.1) is 0 Å². The Morgan fingerprint density at radius 2 is 1.67 bits per heavy atom. The quantitative estimate of drug-likeness (QED) is 0.348. The molecule has 3 aromatic heterocycles. The van der Waals surface area contributed by atoms with Crippen molar-refractivity contribution in [1.82, 2.24) is 15.0 Å². The molecule has 4 heterocycles. The Morgan fingerprint density at radius 3 is 2.53 bits per heavy atom. The van der Waals surface area contributed by atoms with Crippen LogP contribution in [0.1, 0.15) is 13.8 Å². The number of hydrogen-bond donors (Lipinski definition) is 1. The normalized spacial score (nSPS) is 15.3. The molecule has 0 saturated heterocycles. The number of fused-ring (bicyclic) bond motifs is 6. The molecule has 0 radical (unpaired) electrons. The number of aromatic nitrogens is 3. The van der Waals surface area contributed by atoms with Crippen molar-refractivity contribution >= 4 is 31.8 Å². The van der Waals surface area contributed by atoms with E-state index in [9.17, 15) is 0 Å². The van der Waals surface area contributed by atoms with E-state index < -0.39 is 10.0 Å². The Bertz CT molecular complexity index is 1430. The van der Waals surface area contributed by atoms with Crippen molar-refractivity contribution in [1.29, 1.82) is 0 Å². The van der Waals surface area contributed by atoms with Crippen LogP contribution in [0.25, 0.3) is 44.2 Å². The summed E-state index contributed by atoms with van der Waals surface area (Å²) in [6.07, 6.45) is 5.91. The number of rotatable bonds is 3. The van der Waals surface area contributed by atoms with E-state index in [1.54, 1.807) is 0 Å². The van der Waals surface area contributed by atoms with Gasteiger partial charge >= 0.3 is 0 Å². The molecule has 0 amide bonds. The first-order valence-corrected chi connectivity index (χ1v) is 12.5. The highest BCUT2D eigenvalue weighted by Crippen LogP contribution is 2.71. The molecule has 0 bridgehead atoms. The predicted octanol–water partition coefficient (Wildman–Crippen LogP) is 7.02. The van der Waals surface area contributed by atoms with E-state index in [-0.39, 0.29) is 0 Å². The number of benzene rings is 2. The molecule has 0 spiro atoms. The minimum absolute atomic E-state index is 0.982. The Morgan fingerprint density at radius 1 is 0.800 bits per heavy atom. The van der Waals surface area contributed by atoms with Gasteiger partial charge in [0.1, 0.15) is 0 Å². The van der Waals surface area contributed by atoms with Crippen molar-refractivity contribution in [3.8, 4) is 22.4 Å². The maximum Gasteiger partial charge on any atom is 0.0709 e. The molecule has 4 heteroatoms.